The number of hydrogen-bond donors (Lipinski definition) is 1. The molecule has 0 radical (unpaired) electrons. The second-order valence-electron chi connectivity index (χ2n) is 8.32. The van der Waals surface area contributed by atoms with Crippen molar-refractivity contribution in [3.05, 3.63) is 0 Å². The number of hydrogen-bond acceptors (Lipinski definition) is 3. The van der Waals surface area contributed by atoms with E-state index >= 15 is 0 Å². The van der Waals surface area contributed by atoms with E-state index in [1.807, 2.05) is 0 Å². The van der Waals surface area contributed by atoms with E-state index in [2.05, 4.69) is 20.8 Å². The number of nitrogens with two attached hydrogens (primary N) is 1. The molecule has 2 N–H and O–H groups in total. The highest BCUT2D eigenvalue weighted by Crippen LogP contribution is 2.66. The molecule has 0 amide bonds. The summed E-state index contributed by atoms with van der Waals surface area (Å²) in [5.41, 5.74) is 6.38. The van der Waals surface area contributed by atoms with Crippen LogP contribution >= 0.6 is 0 Å². The third kappa shape index (κ3) is 1.85. The van der Waals surface area contributed by atoms with Gasteiger partial charge in [0.2, 0.25) is 0 Å². The summed E-state index contributed by atoms with van der Waals surface area (Å²) in [5.74, 6) is 0.710. The quantitative estimate of drug-likeness (QED) is 0.804. The lowest BCUT2D eigenvalue weighted by Crippen LogP contribution is -2.42. The molecule has 20 heavy (non-hydrogen) atoms. The molecule has 0 aromatic carbocycles. The number of carbonyl (C=O) groups excluding carboxylic acids is 1. The molecular formula is C17H29NO2. The van der Waals surface area contributed by atoms with E-state index in [1.165, 1.54) is 19.3 Å². The molecule has 2 bridgehead atoms. The highest BCUT2D eigenvalue weighted by molar-refractivity contribution is 5.71. The van der Waals surface area contributed by atoms with E-state index < -0.39 is 0 Å². The summed E-state index contributed by atoms with van der Waals surface area (Å²) >= 11 is 0. The number of ether oxygens (including phenoxy) is 1. The number of fused-ring (bicyclic) bond motifs is 2. The molecule has 0 spiro atoms. The van der Waals surface area contributed by atoms with Gasteiger partial charge in [-0.1, -0.05) is 27.2 Å². The first-order valence-electron chi connectivity index (χ1n) is 8.23. The molecular weight excluding hydrogens is 250 g/mol. The molecule has 3 atom stereocenters. The fraction of sp³-hybridized carbons (Fsp3) is 0.941. The fourth-order valence-electron chi connectivity index (χ4n) is 4.94. The maximum absolute atomic E-state index is 12.3. The van der Waals surface area contributed by atoms with Crippen molar-refractivity contribution >= 4 is 5.97 Å². The molecule has 0 aromatic rings. The number of rotatable bonds is 4. The van der Waals surface area contributed by atoms with Crippen molar-refractivity contribution in [2.24, 2.45) is 27.9 Å². The Hall–Kier alpha value is -0.570. The lowest BCUT2D eigenvalue weighted by Gasteiger charge is -2.42. The second kappa shape index (κ2) is 4.46. The van der Waals surface area contributed by atoms with Gasteiger partial charge in [-0.15, -0.1) is 0 Å². The van der Waals surface area contributed by atoms with Crippen LogP contribution in [0.25, 0.3) is 0 Å². The van der Waals surface area contributed by atoms with Gasteiger partial charge in [-0.25, -0.2) is 0 Å². The van der Waals surface area contributed by atoms with Crippen LogP contribution in [0.15, 0.2) is 0 Å². The van der Waals surface area contributed by atoms with E-state index in [1.54, 1.807) is 0 Å². The first-order chi connectivity index (χ1) is 9.33. The summed E-state index contributed by atoms with van der Waals surface area (Å²) in [6, 6.07) is 0. The maximum Gasteiger partial charge on any atom is 0.306 e. The van der Waals surface area contributed by atoms with Crippen LogP contribution in [0, 0.1) is 22.2 Å². The van der Waals surface area contributed by atoms with Gasteiger partial charge in [-0.3, -0.25) is 4.79 Å². The summed E-state index contributed by atoms with van der Waals surface area (Å²) in [6.07, 6.45) is 7.60. The number of carbonyl (C=O) groups is 1. The molecule has 0 aromatic heterocycles. The predicted molar refractivity (Wildman–Crippen MR) is 79.1 cm³/mol. The molecule has 3 aliphatic carbocycles. The van der Waals surface area contributed by atoms with Gasteiger partial charge in [-0.2, -0.15) is 0 Å². The van der Waals surface area contributed by atoms with E-state index in [0.29, 0.717) is 18.4 Å². The Kier molecular flexibility index (Phi) is 3.20. The minimum atomic E-state index is -0.00951. The molecule has 3 aliphatic rings. The van der Waals surface area contributed by atoms with Gasteiger partial charge in [-0.05, 0) is 55.4 Å². The first-order valence-corrected chi connectivity index (χ1v) is 8.23. The van der Waals surface area contributed by atoms with Crippen LogP contribution in [0.3, 0.4) is 0 Å². The van der Waals surface area contributed by atoms with Crippen LogP contribution in [0.1, 0.15) is 65.7 Å². The first kappa shape index (κ1) is 14.4. The molecule has 3 nitrogen and oxygen atoms in total. The minimum absolute atomic E-state index is 0.00951. The van der Waals surface area contributed by atoms with Gasteiger partial charge in [0, 0.05) is 5.41 Å². The molecule has 3 saturated carbocycles. The Morgan fingerprint density at radius 2 is 1.95 bits per heavy atom. The van der Waals surface area contributed by atoms with Crippen LogP contribution in [0.4, 0.5) is 0 Å². The lowest BCUT2D eigenvalue weighted by atomic mass is 9.66. The molecule has 114 valence electrons. The van der Waals surface area contributed by atoms with Crippen LogP contribution in [-0.2, 0) is 9.53 Å². The third-order valence-electron chi connectivity index (χ3n) is 7.35. The van der Waals surface area contributed by atoms with Crippen molar-refractivity contribution < 1.29 is 9.53 Å². The smallest absolute Gasteiger partial charge is 0.306 e. The van der Waals surface area contributed by atoms with Crippen LogP contribution in [0.2, 0.25) is 0 Å². The zero-order valence-corrected chi connectivity index (χ0v) is 13.2. The van der Waals surface area contributed by atoms with E-state index in [0.717, 1.165) is 25.2 Å². The van der Waals surface area contributed by atoms with Gasteiger partial charge in [0.05, 0.1) is 6.42 Å². The molecule has 3 rings (SSSR count). The molecule has 0 saturated heterocycles. The zero-order valence-electron chi connectivity index (χ0n) is 13.2. The maximum atomic E-state index is 12.3. The van der Waals surface area contributed by atoms with Crippen LogP contribution in [-0.4, -0.2) is 18.6 Å². The summed E-state index contributed by atoms with van der Waals surface area (Å²) in [7, 11) is 0. The minimum Gasteiger partial charge on any atom is -0.462 e. The molecule has 3 heteroatoms. The Balaban J connectivity index is 1.63. The van der Waals surface area contributed by atoms with Crippen molar-refractivity contribution in [2.45, 2.75) is 71.8 Å². The van der Waals surface area contributed by atoms with E-state index in [4.69, 9.17) is 10.5 Å². The Labute approximate surface area is 122 Å². The molecule has 3 unspecified atom stereocenters. The molecule has 0 heterocycles. The van der Waals surface area contributed by atoms with Gasteiger partial charge in [0.1, 0.15) is 6.10 Å². The second-order valence-corrected chi connectivity index (χ2v) is 8.32. The average Bonchev–Trinajstić information content (AvgIpc) is 2.67. The molecule has 3 fully saturated rings. The van der Waals surface area contributed by atoms with Crippen molar-refractivity contribution in [3.63, 3.8) is 0 Å². The van der Waals surface area contributed by atoms with E-state index in [-0.39, 0.29) is 22.9 Å². The van der Waals surface area contributed by atoms with Gasteiger partial charge < -0.3 is 10.5 Å². The van der Waals surface area contributed by atoms with Crippen molar-refractivity contribution in [3.8, 4) is 0 Å². The van der Waals surface area contributed by atoms with Crippen molar-refractivity contribution in [1.82, 2.24) is 0 Å². The zero-order chi connectivity index (χ0) is 14.6. The summed E-state index contributed by atoms with van der Waals surface area (Å²) in [6.45, 7) is 7.65. The summed E-state index contributed by atoms with van der Waals surface area (Å²) < 4.78 is 5.92. The average molecular weight is 279 g/mol. The summed E-state index contributed by atoms with van der Waals surface area (Å²) in [4.78, 5) is 12.3. The Morgan fingerprint density at radius 3 is 2.35 bits per heavy atom. The van der Waals surface area contributed by atoms with Gasteiger partial charge in [0.15, 0.2) is 0 Å². The monoisotopic (exact) mass is 279 g/mol. The van der Waals surface area contributed by atoms with Crippen LogP contribution in [0.5, 0.6) is 0 Å². The number of esters is 1. The van der Waals surface area contributed by atoms with Crippen LogP contribution < -0.4 is 5.73 Å². The van der Waals surface area contributed by atoms with Crippen molar-refractivity contribution in [1.29, 1.82) is 0 Å². The highest BCUT2D eigenvalue weighted by Gasteiger charge is 2.63. The molecule has 0 aliphatic heterocycles. The largest absolute Gasteiger partial charge is 0.462 e. The topological polar surface area (TPSA) is 52.3 Å². The normalized spacial score (nSPS) is 40.4. The Bertz CT molecular complexity index is 408. The summed E-state index contributed by atoms with van der Waals surface area (Å²) in [5, 5.41) is 0. The van der Waals surface area contributed by atoms with E-state index in [9.17, 15) is 4.79 Å². The predicted octanol–water partition coefficient (Wildman–Crippen LogP) is 3.26. The standard InChI is InChI=1S/C17H29NO2/c1-15(2)12-5-8-16(15,3)13(9-12)20-14(19)10-17(11-18)6-4-7-17/h12-13H,4-11,18H2,1-3H3. The fourth-order valence-corrected chi connectivity index (χ4v) is 4.94. The third-order valence-corrected chi connectivity index (χ3v) is 7.35. The lowest BCUT2D eigenvalue weighted by molar-refractivity contribution is -0.161. The van der Waals surface area contributed by atoms with Gasteiger partial charge >= 0.3 is 5.97 Å². The SMILES string of the molecule is CC1(C)C2CCC1(C)C(OC(=O)CC1(CN)CCC1)C2. The highest BCUT2D eigenvalue weighted by atomic mass is 16.5. The van der Waals surface area contributed by atoms with Gasteiger partial charge in [0.25, 0.3) is 0 Å². The Morgan fingerprint density at radius 1 is 1.25 bits per heavy atom. The van der Waals surface area contributed by atoms with Crippen molar-refractivity contribution in [2.75, 3.05) is 6.54 Å².